The van der Waals surface area contributed by atoms with Crippen molar-refractivity contribution in [1.82, 2.24) is 10.3 Å². The zero-order valence-corrected chi connectivity index (χ0v) is 10.7. The number of anilines is 1. The molecule has 1 aromatic heterocycles. The van der Waals surface area contributed by atoms with Gasteiger partial charge in [-0.1, -0.05) is 11.6 Å². The molecule has 0 aromatic carbocycles. The smallest absolute Gasteiger partial charge is 0.271 e. The number of hydrogen-bond donors (Lipinski definition) is 4. The van der Waals surface area contributed by atoms with Crippen LogP contribution in [0.3, 0.4) is 0 Å². The highest BCUT2D eigenvalue weighted by molar-refractivity contribution is 6.33. The Morgan fingerprint density at radius 2 is 2.16 bits per heavy atom. The van der Waals surface area contributed by atoms with E-state index in [0.717, 1.165) is 0 Å². The van der Waals surface area contributed by atoms with Crippen LogP contribution in [0.25, 0.3) is 0 Å². The van der Waals surface area contributed by atoms with Gasteiger partial charge in [0.1, 0.15) is 18.1 Å². The molecule has 19 heavy (non-hydrogen) atoms. The molecule has 0 aliphatic rings. The van der Waals surface area contributed by atoms with Crippen LogP contribution in [0.2, 0.25) is 5.02 Å². The monoisotopic (exact) mass is 287 g/mol. The van der Waals surface area contributed by atoms with Crippen molar-refractivity contribution in [2.24, 2.45) is 11.6 Å². The van der Waals surface area contributed by atoms with Gasteiger partial charge in [-0.25, -0.2) is 10.8 Å². The highest BCUT2D eigenvalue weighted by Crippen LogP contribution is 2.15. The molecule has 0 aliphatic carbocycles. The first-order valence-electron chi connectivity index (χ1n) is 5.32. The normalized spacial score (nSPS) is 10.0. The van der Waals surface area contributed by atoms with Crippen LogP contribution in [0.4, 0.5) is 5.82 Å². The van der Waals surface area contributed by atoms with Crippen molar-refractivity contribution in [3.8, 4) is 0 Å². The summed E-state index contributed by atoms with van der Waals surface area (Å²) in [6, 6.07) is 3.04. The molecule has 0 atom stereocenters. The lowest BCUT2D eigenvalue weighted by Crippen LogP contribution is -2.29. The Bertz CT molecular complexity index is 468. The number of rotatable bonds is 7. The maximum atomic E-state index is 11.8. The Labute approximate surface area is 114 Å². The number of hydrazine groups is 1. The van der Waals surface area contributed by atoms with Gasteiger partial charge in [0.2, 0.25) is 5.91 Å². The van der Waals surface area contributed by atoms with Crippen LogP contribution in [-0.2, 0) is 9.53 Å². The van der Waals surface area contributed by atoms with Crippen molar-refractivity contribution < 1.29 is 14.3 Å². The molecular weight excluding hydrogens is 274 g/mol. The number of ether oxygens (including phenoxy) is 1. The molecule has 0 bridgehead atoms. The predicted molar refractivity (Wildman–Crippen MR) is 69.4 cm³/mol. The van der Waals surface area contributed by atoms with Gasteiger partial charge in [0.25, 0.3) is 5.91 Å². The van der Waals surface area contributed by atoms with Crippen molar-refractivity contribution in [3.63, 3.8) is 0 Å². The van der Waals surface area contributed by atoms with E-state index in [-0.39, 0.29) is 30.5 Å². The van der Waals surface area contributed by atoms with Crippen molar-refractivity contribution >= 4 is 29.2 Å². The van der Waals surface area contributed by atoms with Gasteiger partial charge in [0.15, 0.2) is 0 Å². The van der Waals surface area contributed by atoms with Gasteiger partial charge in [-0.2, -0.15) is 0 Å². The standard InChI is InChI=1S/C10H14ClN5O3/c11-6-1-2-8(16-13)15-9(6)10(18)14-3-4-19-5-7(12)17/h1-2H,3-5,13H2,(H2,12,17)(H,14,18)(H,15,16). The van der Waals surface area contributed by atoms with Gasteiger partial charge in [-0.05, 0) is 12.1 Å². The summed E-state index contributed by atoms with van der Waals surface area (Å²) in [6.45, 7) is 0.160. The van der Waals surface area contributed by atoms with Crippen LogP contribution in [0.15, 0.2) is 12.1 Å². The minimum absolute atomic E-state index is 0.0482. The number of nitrogens with one attached hydrogen (secondary N) is 2. The van der Waals surface area contributed by atoms with E-state index < -0.39 is 11.8 Å². The molecule has 1 heterocycles. The fourth-order valence-corrected chi connectivity index (χ4v) is 1.37. The fraction of sp³-hybridized carbons (Fsp3) is 0.300. The predicted octanol–water partition coefficient (Wildman–Crippen LogP) is -0.748. The van der Waals surface area contributed by atoms with E-state index in [2.05, 4.69) is 15.7 Å². The average molecular weight is 288 g/mol. The van der Waals surface area contributed by atoms with Gasteiger partial charge in [-0.15, -0.1) is 0 Å². The first kappa shape index (κ1) is 15.2. The van der Waals surface area contributed by atoms with E-state index in [1.165, 1.54) is 12.1 Å². The number of nitrogens with zero attached hydrogens (tertiary/aromatic N) is 1. The van der Waals surface area contributed by atoms with Crippen molar-refractivity contribution in [1.29, 1.82) is 0 Å². The summed E-state index contributed by atoms with van der Waals surface area (Å²) < 4.78 is 4.88. The zero-order chi connectivity index (χ0) is 14.3. The fourth-order valence-electron chi connectivity index (χ4n) is 1.17. The van der Waals surface area contributed by atoms with Crippen molar-refractivity contribution in [2.45, 2.75) is 0 Å². The second-order valence-electron chi connectivity index (χ2n) is 3.45. The summed E-state index contributed by atoms with van der Waals surface area (Å²) >= 11 is 5.85. The summed E-state index contributed by atoms with van der Waals surface area (Å²) in [7, 11) is 0. The Balaban J connectivity index is 2.47. The molecule has 0 unspecified atom stereocenters. The van der Waals surface area contributed by atoms with E-state index in [9.17, 15) is 9.59 Å². The molecule has 1 aromatic rings. The summed E-state index contributed by atoms with van der Waals surface area (Å²) in [6.07, 6.45) is 0. The Morgan fingerprint density at radius 1 is 1.42 bits per heavy atom. The molecule has 9 heteroatoms. The maximum Gasteiger partial charge on any atom is 0.271 e. The van der Waals surface area contributed by atoms with Gasteiger partial charge in [0.05, 0.1) is 11.6 Å². The third-order valence-corrected chi connectivity index (χ3v) is 2.29. The first-order valence-corrected chi connectivity index (χ1v) is 5.69. The topological polar surface area (TPSA) is 132 Å². The highest BCUT2D eigenvalue weighted by Gasteiger charge is 2.12. The number of amides is 2. The first-order chi connectivity index (χ1) is 9.04. The minimum Gasteiger partial charge on any atom is -0.370 e. The summed E-state index contributed by atoms with van der Waals surface area (Å²) in [4.78, 5) is 26.1. The number of nitrogen functional groups attached to an aromatic ring is 1. The van der Waals surface area contributed by atoms with Crippen molar-refractivity contribution in [3.05, 3.63) is 22.8 Å². The lowest BCUT2D eigenvalue weighted by molar-refractivity contribution is -0.122. The molecule has 8 nitrogen and oxygen atoms in total. The molecule has 2 amide bonds. The Kier molecular flexibility index (Phi) is 6.00. The lowest BCUT2D eigenvalue weighted by atomic mass is 10.3. The largest absolute Gasteiger partial charge is 0.370 e. The Hall–Kier alpha value is -1.90. The number of nitrogens with two attached hydrogens (primary N) is 2. The van der Waals surface area contributed by atoms with Gasteiger partial charge in [-0.3, -0.25) is 9.59 Å². The average Bonchev–Trinajstić information content (AvgIpc) is 2.38. The van der Waals surface area contributed by atoms with Gasteiger partial charge in [0, 0.05) is 6.54 Å². The number of halogens is 1. The third kappa shape index (κ3) is 5.08. The molecule has 6 N–H and O–H groups in total. The number of pyridine rings is 1. The number of carbonyl (C=O) groups is 2. The molecule has 1 rings (SSSR count). The summed E-state index contributed by atoms with van der Waals surface area (Å²) in [5, 5.41) is 2.74. The molecule has 0 radical (unpaired) electrons. The van der Waals surface area contributed by atoms with E-state index in [4.69, 9.17) is 27.9 Å². The van der Waals surface area contributed by atoms with Gasteiger partial charge < -0.3 is 21.2 Å². The van der Waals surface area contributed by atoms with Crippen LogP contribution in [0.1, 0.15) is 10.5 Å². The van der Waals surface area contributed by atoms with E-state index in [0.29, 0.717) is 5.82 Å². The molecular formula is C10H14ClN5O3. The number of hydrogen-bond acceptors (Lipinski definition) is 6. The summed E-state index contributed by atoms with van der Waals surface area (Å²) in [5.74, 6) is 4.47. The quantitative estimate of drug-likeness (QED) is 0.296. The highest BCUT2D eigenvalue weighted by atomic mass is 35.5. The second-order valence-corrected chi connectivity index (χ2v) is 3.85. The zero-order valence-electron chi connectivity index (χ0n) is 9.98. The summed E-state index contributed by atoms with van der Waals surface area (Å²) in [5.41, 5.74) is 7.24. The molecule has 0 aliphatic heterocycles. The van der Waals surface area contributed by atoms with Crippen molar-refractivity contribution in [2.75, 3.05) is 25.2 Å². The molecule has 0 saturated heterocycles. The van der Waals surface area contributed by atoms with Gasteiger partial charge >= 0.3 is 0 Å². The Morgan fingerprint density at radius 3 is 2.79 bits per heavy atom. The number of primary amides is 1. The van der Waals surface area contributed by atoms with E-state index >= 15 is 0 Å². The second kappa shape index (κ2) is 7.52. The molecule has 0 saturated carbocycles. The van der Waals surface area contributed by atoms with E-state index in [1.807, 2.05) is 0 Å². The molecule has 0 spiro atoms. The van der Waals surface area contributed by atoms with Crippen LogP contribution < -0.4 is 22.3 Å². The lowest BCUT2D eigenvalue weighted by Gasteiger charge is -2.07. The van der Waals surface area contributed by atoms with Crippen LogP contribution in [0, 0.1) is 0 Å². The molecule has 0 fully saturated rings. The SMILES string of the molecule is NNc1ccc(Cl)c(C(=O)NCCOCC(N)=O)n1. The minimum atomic E-state index is -0.572. The third-order valence-electron chi connectivity index (χ3n) is 1.99. The maximum absolute atomic E-state index is 11.8. The van der Waals surface area contributed by atoms with Crippen LogP contribution in [0.5, 0.6) is 0 Å². The van der Waals surface area contributed by atoms with E-state index in [1.54, 1.807) is 0 Å². The number of aromatic nitrogens is 1. The molecule has 104 valence electrons. The van der Waals surface area contributed by atoms with Crippen LogP contribution >= 0.6 is 11.6 Å². The number of carbonyl (C=O) groups excluding carboxylic acids is 2. The van der Waals surface area contributed by atoms with Crippen LogP contribution in [-0.4, -0.2) is 36.6 Å².